The summed E-state index contributed by atoms with van der Waals surface area (Å²) < 4.78 is 10.7. The number of anilines is 2. The number of aromatic hydroxyl groups is 1. The quantitative estimate of drug-likeness (QED) is 0.669. The fraction of sp³-hybridized carbons (Fsp3) is 0.182. The monoisotopic (exact) mass is 418 g/mol. The molecule has 0 radical (unpaired) electrons. The first-order valence-electron chi connectivity index (χ1n) is 9.69. The van der Waals surface area contributed by atoms with Gasteiger partial charge in [-0.2, -0.15) is 0 Å². The van der Waals surface area contributed by atoms with E-state index < -0.39 is 5.92 Å². The Morgan fingerprint density at radius 1 is 1.10 bits per heavy atom. The van der Waals surface area contributed by atoms with Gasteiger partial charge in [0.1, 0.15) is 5.75 Å². The maximum absolute atomic E-state index is 12.7. The minimum Gasteiger partial charge on any atom is -0.508 e. The number of carbonyl (C=O) groups is 2. The number of phenolic OH excluding ortho intramolecular Hbond substituents is 1. The lowest BCUT2D eigenvalue weighted by molar-refractivity contribution is -0.122. The van der Waals surface area contributed by atoms with Gasteiger partial charge in [0.05, 0.1) is 24.0 Å². The highest BCUT2D eigenvalue weighted by atomic mass is 16.7. The Hall–Kier alpha value is -4.14. The SMILES string of the molecule is O=C(Nc1cnc(-c2cccc(O)c2)nc1)C1CC(=O)N(c2ccc3c(c2)OCO3)C1. The maximum Gasteiger partial charge on any atom is 0.231 e. The molecule has 156 valence electrons. The number of fused-ring (bicyclic) bond motifs is 1. The average molecular weight is 418 g/mol. The van der Waals surface area contributed by atoms with Crippen molar-refractivity contribution in [3.63, 3.8) is 0 Å². The number of hydrogen-bond acceptors (Lipinski definition) is 7. The van der Waals surface area contributed by atoms with Crippen LogP contribution < -0.4 is 19.7 Å². The van der Waals surface area contributed by atoms with Crippen LogP contribution in [0, 0.1) is 5.92 Å². The minimum absolute atomic E-state index is 0.114. The number of ether oxygens (including phenoxy) is 2. The number of nitrogens with zero attached hydrogens (tertiary/aromatic N) is 3. The molecule has 3 aromatic rings. The smallest absolute Gasteiger partial charge is 0.231 e. The lowest BCUT2D eigenvalue weighted by atomic mass is 10.1. The normalized spacial score (nSPS) is 17.1. The molecule has 31 heavy (non-hydrogen) atoms. The summed E-state index contributed by atoms with van der Waals surface area (Å²) in [6, 6.07) is 11.9. The van der Waals surface area contributed by atoms with Crippen molar-refractivity contribution >= 4 is 23.2 Å². The molecule has 0 bridgehead atoms. The highest BCUT2D eigenvalue weighted by Crippen LogP contribution is 2.37. The first-order valence-corrected chi connectivity index (χ1v) is 9.69. The zero-order valence-electron chi connectivity index (χ0n) is 16.3. The highest BCUT2D eigenvalue weighted by molar-refractivity contribution is 6.03. The van der Waals surface area contributed by atoms with Gasteiger partial charge in [-0.05, 0) is 24.3 Å². The molecule has 9 heteroatoms. The van der Waals surface area contributed by atoms with E-state index >= 15 is 0 Å². The Labute approximate surface area is 177 Å². The van der Waals surface area contributed by atoms with Crippen molar-refractivity contribution < 1.29 is 24.2 Å². The van der Waals surface area contributed by atoms with Gasteiger partial charge in [0.2, 0.25) is 18.6 Å². The molecule has 2 aliphatic rings. The average Bonchev–Trinajstić information content (AvgIpc) is 3.40. The molecule has 5 rings (SSSR count). The van der Waals surface area contributed by atoms with E-state index in [0.29, 0.717) is 34.3 Å². The Morgan fingerprint density at radius 2 is 1.90 bits per heavy atom. The second-order valence-electron chi connectivity index (χ2n) is 7.28. The first kappa shape index (κ1) is 18.9. The topological polar surface area (TPSA) is 114 Å². The van der Waals surface area contributed by atoms with Crippen molar-refractivity contribution in [1.82, 2.24) is 9.97 Å². The van der Waals surface area contributed by atoms with Crippen LogP contribution in [0.15, 0.2) is 54.9 Å². The van der Waals surface area contributed by atoms with Gasteiger partial charge in [-0.3, -0.25) is 9.59 Å². The lowest BCUT2D eigenvalue weighted by Gasteiger charge is -2.17. The van der Waals surface area contributed by atoms with E-state index in [1.54, 1.807) is 47.4 Å². The molecule has 1 unspecified atom stereocenters. The maximum atomic E-state index is 12.7. The fourth-order valence-electron chi connectivity index (χ4n) is 3.62. The van der Waals surface area contributed by atoms with Gasteiger partial charge in [0.25, 0.3) is 0 Å². The zero-order valence-corrected chi connectivity index (χ0v) is 16.3. The van der Waals surface area contributed by atoms with Gasteiger partial charge >= 0.3 is 0 Å². The second kappa shape index (κ2) is 7.60. The number of rotatable bonds is 4. The Morgan fingerprint density at radius 3 is 2.71 bits per heavy atom. The molecule has 1 saturated heterocycles. The third-order valence-corrected chi connectivity index (χ3v) is 5.19. The van der Waals surface area contributed by atoms with Crippen molar-refractivity contribution in [2.45, 2.75) is 6.42 Å². The zero-order chi connectivity index (χ0) is 21.4. The van der Waals surface area contributed by atoms with Crippen LogP contribution in [0.4, 0.5) is 11.4 Å². The molecule has 1 aromatic heterocycles. The summed E-state index contributed by atoms with van der Waals surface area (Å²) in [5.41, 5.74) is 1.77. The molecular formula is C22H18N4O5. The number of carbonyl (C=O) groups excluding carboxylic acids is 2. The van der Waals surface area contributed by atoms with E-state index in [1.165, 1.54) is 12.4 Å². The fourth-order valence-corrected chi connectivity index (χ4v) is 3.62. The lowest BCUT2D eigenvalue weighted by Crippen LogP contribution is -2.28. The van der Waals surface area contributed by atoms with Gasteiger partial charge in [-0.1, -0.05) is 12.1 Å². The highest BCUT2D eigenvalue weighted by Gasteiger charge is 2.35. The largest absolute Gasteiger partial charge is 0.508 e. The third kappa shape index (κ3) is 3.73. The molecule has 9 nitrogen and oxygen atoms in total. The van der Waals surface area contributed by atoms with Crippen molar-refractivity contribution in [1.29, 1.82) is 0 Å². The van der Waals surface area contributed by atoms with Crippen LogP contribution in [0.1, 0.15) is 6.42 Å². The van der Waals surface area contributed by atoms with Crippen molar-refractivity contribution in [3.8, 4) is 28.6 Å². The van der Waals surface area contributed by atoms with E-state index in [1.807, 2.05) is 0 Å². The number of benzene rings is 2. The summed E-state index contributed by atoms with van der Waals surface area (Å²) in [5, 5.41) is 12.4. The number of hydrogen-bond donors (Lipinski definition) is 2. The third-order valence-electron chi connectivity index (χ3n) is 5.19. The van der Waals surface area contributed by atoms with Crippen LogP contribution in [0.2, 0.25) is 0 Å². The summed E-state index contributed by atoms with van der Waals surface area (Å²) in [6.45, 7) is 0.427. The van der Waals surface area contributed by atoms with Crippen LogP contribution in [-0.2, 0) is 9.59 Å². The molecule has 2 aliphatic heterocycles. The summed E-state index contributed by atoms with van der Waals surface area (Å²) in [5.74, 6) is 0.875. The van der Waals surface area contributed by atoms with Crippen LogP contribution >= 0.6 is 0 Å². The predicted octanol–water partition coefficient (Wildman–Crippen LogP) is 2.57. The van der Waals surface area contributed by atoms with Gasteiger partial charge in [-0.15, -0.1) is 0 Å². The van der Waals surface area contributed by atoms with Crippen LogP contribution in [-0.4, -0.2) is 40.2 Å². The van der Waals surface area contributed by atoms with Crippen LogP contribution in [0.25, 0.3) is 11.4 Å². The second-order valence-corrected chi connectivity index (χ2v) is 7.28. The van der Waals surface area contributed by atoms with Gasteiger partial charge < -0.3 is 24.8 Å². The molecule has 1 atom stereocenters. The van der Waals surface area contributed by atoms with E-state index in [2.05, 4.69) is 15.3 Å². The van der Waals surface area contributed by atoms with E-state index in [0.717, 1.165) is 0 Å². The van der Waals surface area contributed by atoms with Crippen LogP contribution in [0.5, 0.6) is 17.2 Å². The Balaban J connectivity index is 1.25. The molecular weight excluding hydrogens is 400 g/mol. The van der Waals surface area contributed by atoms with E-state index in [4.69, 9.17) is 9.47 Å². The van der Waals surface area contributed by atoms with E-state index in [9.17, 15) is 14.7 Å². The molecule has 0 aliphatic carbocycles. The molecule has 2 amide bonds. The summed E-state index contributed by atoms with van der Waals surface area (Å²) in [6.07, 6.45) is 3.11. The summed E-state index contributed by atoms with van der Waals surface area (Å²) in [4.78, 5) is 35.3. The Kier molecular flexibility index (Phi) is 4.62. The number of nitrogens with one attached hydrogen (secondary N) is 1. The van der Waals surface area contributed by atoms with Gasteiger partial charge in [0.15, 0.2) is 17.3 Å². The van der Waals surface area contributed by atoms with Crippen LogP contribution in [0.3, 0.4) is 0 Å². The van der Waals surface area contributed by atoms with Gasteiger partial charge in [-0.25, -0.2) is 9.97 Å². The molecule has 3 heterocycles. The van der Waals surface area contributed by atoms with Crippen molar-refractivity contribution in [2.75, 3.05) is 23.6 Å². The van der Waals surface area contributed by atoms with Crippen molar-refractivity contribution in [3.05, 3.63) is 54.9 Å². The van der Waals surface area contributed by atoms with Crippen molar-refractivity contribution in [2.24, 2.45) is 5.92 Å². The number of phenols is 1. The Bertz CT molecular complexity index is 1160. The molecule has 0 spiro atoms. The molecule has 2 aromatic carbocycles. The minimum atomic E-state index is -0.497. The molecule has 1 fully saturated rings. The number of aromatic nitrogens is 2. The standard InChI is InChI=1S/C22H18N4O5/c27-17-3-1-2-13(6-17)21-23-9-15(10-24-21)25-22(29)14-7-20(28)26(11-14)16-4-5-18-19(8-16)31-12-30-18/h1-6,8-10,14,27H,7,11-12H2,(H,25,29). The summed E-state index contributed by atoms with van der Waals surface area (Å²) >= 11 is 0. The van der Waals surface area contributed by atoms with Gasteiger partial charge in [0, 0.05) is 30.3 Å². The first-order chi connectivity index (χ1) is 15.1. The number of amides is 2. The van der Waals surface area contributed by atoms with E-state index in [-0.39, 0.29) is 37.3 Å². The predicted molar refractivity (Wildman–Crippen MR) is 111 cm³/mol. The molecule has 0 saturated carbocycles. The molecule has 2 N–H and O–H groups in total. The summed E-state index contributed by atoms with van der Waals surface area (Å²) in [7, 11) is 0.